The van der Waals surface area contributed by atoms with Crippen LogP contribution >= 0.6 is 0 Å². The zero-order valence-corrected chi connectivity index (χ0v) is 9.03. The molecule has 0 aromatic carbocycles. The second-order valence-corrected chi connectivity index (χ2v) is 3.71. The minimum atomic E-state index is -0.0667. The van der Waals surface area contributed by atoms with E-state index >= 15 is 0 Å². The second-order valence-electron chi connectivity index (χ2n) is 3.71. The van der Waals surface area contributed by atoms with E-state index in [1.165, 1.54) is 6.26 Å². The molecule has 1 N–H and O–H groups in total. The number of hydrogen-bond acceptors (Lipinski definition) is 4. The van der Waals surface area contributed by atoms with Gasteiger partial charge in [-0.2, -0.15) is 4.98 Å². The molecule has 0 spiro atoms. The lowest BCUT2D eigenvalue weighted by atomic mass is 10.2. The molecule has 1 heterocycles. The molecule has 0 saturated carbocycles. The largest absolute Gasteiger partial charge is 0.432 e. The lowest BCUT2D eigenvalue weighted by Gasteiger charge is -2.20. The van der Waals surface area contributed by atoms with Crippen LogP contribution in [0.15, 0.2) is 10.7 Å². The Hall–Kier alpha value is -1.03. The number of aliphatic hydroxyl groups is 1. The number of rotatable bonds is 5. The first-order chi connectivity index (χ1) is 6.67. The van der Waals surface area contributed by atoms with Crippen molar-refractivity contribution < 1.29 is 9.52 Å². The first-order valence-electron chi connectivity index (χ1n) is 4.97. The molecule has 1 rings (SSSR count). The van der Waals surface area contributed by atoms with Crippen molar-refractivity contribution in [3.05, 3.63) is 12.0 Å². The molecule has 1 aromatic heterocycles. The predicted molar refractivity (Wildman–Crippen MR) is 55.2 cm³/mol. The van der Waals surface area contributed by atoms with Crippen molar-refractivity contribution >= 4 is 6.01 Å². The van der Waals surface area contributed by atoms with Crippen LogP contribution in [0.25, 0.3) is 0 Å². The van der Waals surface area contributed by atoms with Crippen LogP contribution in [0.5, 0.6) is 0 Å². The number of aliphatic hydroxyl groups excluding tert-OH is 1. The van der Waals surface area contributed by atoms with Gasteiger partial charge in [0.1, 0.15) is 12.0 Å². The van der Waals surface area contributed by atoms with Crippen molar-refractivity contribution in [3.63, 3.8) is 0 Å². The molecule has 0 bridgehead atoms. The van der Waals surface area contributed by atoms with E-state index in [1.54, 1.807) is 0 Å². The molecule has 0 amide bonds. The van der Waals surface area contributed by atoms with Crippen LogP contribution in [-0.2, 0) is 6.61 Å². The Morgan fingerprint density at radius 1 is 1.57 bits per heavy atom. The van der Waals surface area contributed by atoms with Crippen LogP contribution in [0, 0.1) is 5.92 Å². The van der Waals surface area contributed by atoms with Crippen molar-refractivity contribution in [3.8, 4) is 0 Å². The molecule has 1 aromatic rings. The molecule has 0 saturated heterocycles. The van der Waals surface area contributed by atoms with Gasteiger partial charge in [-0.3, -0.25) is 0 Å². The molecule has 0 aliphatic carbocycles. The van der Waals surface area contributed by atoms with Crippen molar-refractivity contribution in [2.75, 3.05) is 18.0 Å². The van der Waals surface area contributed by atoms with Crippen molar-refractivity contribution in [1.82, 2.24) is 4.98 Å². The van der Waals surface area contributed by atoms with Gasteiger partial charge in [0.25, 0.3) is 6.01 Å². The fourth-order valence-corrected chi connectivity index (χ4v) is 1.30. The van der Waals surface area contributed by atoms with Crippen LogP contribution in [0.2, 0.25) is 0 Å². The molecular weight excluding hydrogens is 180 g/mol. The van der Waals surface area contributed by atoms with E-state index in [4.69, 9.17) is 9.52 Å². The second kappa shape index (κ2) is 5.00. The third kappa shape index (κ3) is 2.73. The van der Waals surface area contributed by atoms with E-state index in [1.807, 2.05) is 0 Å². The summed E-state index contributed by atoms with van der Waals surface area (Å²) in [6.07, 6.45) is 1.50. The normalized spacial score (nSPS) is 10.9. The molecule has 0 radical (unpaired) electrons. The molecule has 0 fully saturated rings. The van der Waals surface area contributed by atoms with Gasteiger partial charge in [-0.15, -0.1) is 0 Å². The maximum absolute atomic E-state index is 8.85. The molecule has 4 heteroatoms. The summed E-state index contributed by atoms with van der Waals surface area (Å²) in [5.41, 5.74) is 0.585. The van der Waals surface area contributed by atoms with Gasteiger partial charge >= 0.3 is 0 Å². The zero-order valence-electron chi connectivity index (χ0n) is 9.03. The van der Waals surface area contributed by atoms with Crippen LogP contribution < -0.4 is 4.90 Å². The van der Waals surface area contributed by atoms with Gasteiger partial charge in [-0.05, 0) is 12.8 Å². The average molecular weight is 198 g/mol. The quantitative estimate of drug-likeness (QED) is 0.781. The summed E-state index contributed by atoms with van der Waals surface area (Å²) < 4.78 is 5.26. The number of anilines is 1. The summed E-state index contributed by atoms with van der Waals surface area (Å²) in [7, 11) is 0. The maximum atomic E-state index is 8.85. The highest BCUT2D eigenvalue weighted by molar-refractivity contribution is 5.26. The van der Waals surface area contributed by atoms with E-state index in [2.05, 4.69) is 30.7 Å². The molecular formula is C10H18N2O2. The lowest BCUT2D eigenvalue weighted by Crippen LogP contribution is -2.27. The van der Waals surface area contributed by atoms with E-state index in [-0.39, 0.29) is 6.61 Å². The highest BCUT2D eigenvalue weighted by atomic mass is 16.4. The Morgan fingerprint density at radius 3 is 2.71 bits per heavy atom. The van der Waals surface area contributed by atoms with Gasteiger partial charge in [0, 0.05) is 13.1 Å². The van der Waals surface area contributed by atoms with Crippen molar-refractivity contribution in [2.24, 2.45) is 5.92 Å². The van der Waals surface area contributed by atoms with Crippen LogP contribution in [0.3, 0.4) is 0 Å². The Labute approximate surface area is 84.6 Å². The standard InChI is InChI=1S/C10H18N2O2/c1-4-12(5-8(2)3)10-11-9(6-13)7-14-10/h7-8,13H,4-6H2,1-3H3. The van der Waals surface area contributed by atoms with Gasteiger partial charge in [0.15, 0.2) is 0 Å². The first kappa shape index (κ1) is 11.0. The van der Waals surface area contributed by atoms with E-state index in [0.717, 1.165) is 13.1 Å². The number of aromatic nitrogens is 1. The third-order valence-corrected chi connectivity index (χ3v) is 1.94. The summed E-state index contributed by atoms with van der Waals surface area (Å²) in [5.74, 6) is 0.569. The fourth-order valence-electron chi connectivity index (χ4n) is 1.30. The van der Waals surface area contributed by atoms with Crippen LogP contribution in [0.1, 0.15) is 26.5 Å². The van der Waals surface area contributed by atoms with Crippen LogP contribution in [0.4, 0.5) is 6.01 Å². The Morgan fingerprint density at radius 2 is 2.29 bits per heavy atom. The van der Waals surface area contributed by atoms with Gasteiger partial charge < -0.3 is 14.4 Å². The number of nitrogens with zero attached hydrogens (tertiary/aromatic N) is 2. The van der Waals surface area contributed by atoms with Gasteiger partial charge in [-0.1, -0.05) is 13.8 Å². The highest BCUT2D eigenvalue weighted by Gasteiger charge is 2.12. The number of hydrogen-bond donors (Lipinski definition) is 1. The summed E-state index contributed by atoms with van der Waals surface area (Å²) >= 11 is 0. The summed E-state index contributed by atoms with van der Waals surface area (Å²) in [4.78, 5) is 6.22. The summed E-state index contributed by atoms with van der Waals surface area (Å²) in [6, 6.07) is 0.602. The maximum Gasteiger partial charge on any atom is 0.297 e. The van der Waals surface area contributed by atoms with Crippen LogP contribution in [-0.4, -0.2) is 23.2 Å². The van der Waals surface area contributed by atoms with E-state index in [9.17, 15) is 0 Å². The van der Waals surface area contributed by atoms with Gasteiger partial charge in [-0.25, -0.2) is 0 Å². The first-order valence-corrected chi connectivity index (χ1v) is 4.97. The SMILES string of the molecule is CCN(CC(C)C)c1nc(CO)co1. The zero-order chi connectivity index (χ0) is 10.6. The molecule has 0 unspecified atom stereocenters. The minimum absolute atomic E-state index is 0.0667. The van der Waals surface area contributed by atoms with Crippen molar-refractivity contribution in [2.45, 2.75) is 27.4 Å². The molecule has 0 atom stereocenters. The molecule has 14 heavy (non-hydrogen) atoms. The van der Waals surface area contributed by atoms with Crippen molar-refractivity contribution in [1.29, 1.82) is 0 Å². The molecule has 0 aliphatic rings. The van der Waals surface area contributed by atoms with E-state index in [0.29, 0.717) is 17.6 Å². The predicted octanol–water partition coefficient (Wildman–Crippen LogP) is 1.65. The van der Waals surface area contributed by atoms with Gasteiger partial charge in [0.05, 0.1) is 6.61 Å². The summed E-state index contributed by atoms with van der Waals surface area (Å²) in [6.45, 7) is 8.08. The smallest absolute Gasteiger partial charge is 0.297 e. The molecule has 0 aliphatic heterocycles. The Balaban J connectivity index is 2.68. The molecule has 4 nitrogen and oxygen atoms in total. The minimum Gasteiger partial charge on any atom is -0.432 e. The topological polar surface area (TPSA) is 49.5 Å². The number of oxazole rings is 1. The van der Waals surface area contributed by atoms with Gasteiger partial charge in [0.2, 0.25) is 0 Å². The average Bonchev–Trinajstić information content (AvgIpc) is 2.62. The lowest BCUT2D eigenvalue weighted by molar-refractivity contribution is 0.276. The monoisotopic (exact) mass is 198 g/mol. The molecule has 80 valence electrons. The third-order valence-electron chi connectivity index (χ3n) is 1.94. The summed E-state index contributed by atoms with van der Waals surface area (Å²) in [5, 5.41) is 8.85. The van der Waals surface area contributed by atoms with E-state index < -0.39 is 0 Å². The Kier molecular flexibility index (Phi) is 3.95. The fraction of sp³-hybridized carbons (Fsp3) is 0.700. The highest BCUT2D eigenvalue weighted by Crippen LogP contribution is 2.14. The Bertz CT molecular complexity index is 271.